The van der Waals surface area contributed by atoms with Gasteiger partial charge in [-0.3, -0.25) is 0 Å². The van der Waals surface area contributed by atoms with Crippen molar-refractivity contribution in [3.05, 3.63) is 0 Å². The van der Waals surface area contributed by atoms with Crippen molar-refractivity contribution in [3.63, 3.8) is 0 Å². The number of hydrogen-bond acceptors (Lipinski definition) is 1. The molecule has 0 aromatic carbocycles. The van der Waals surface area contributed by atoms with Gasteiger partial charge in [-0.15, -0.1) is 23.2 Å². The molecule has 0 aliphatic carbocycles. The smallest absolute Gasteiger partial charge is 0.317 e. The van der Waals surface area contributed by atoms with Crippen molar-refractivity contribution in [1.82, 2.24) is 10.2 Å². The zero-order valence-electron chi connectivity index (χ0n) is 7.85. The van der Waals surface area contributed by atoms with Gasteiger partial charge in [-0.1, -0.05) is 6.92 Å². The number of halogens is 2. The van der Waals surface area contributed by atoms with Gasteiger partial charge >= 0.3 is 6.03 Å². The molecule has 13 heavy (non-hydrogen) atoms. The quantitative estimate of drug-likeness (QED) is 0.690. The van der Waals surface area contributed by atoms with Gasteiger partial charge in [-0.2, -0.15) is 0 Å². The van der Waals surface area contributed by atoms with Gasteiger partial charge in [0, 0.05) is 31.4 Å². The van der Waals surface area contributed by atoms with E-state index in [-0.39, 0.29) is 6.03 Å². The third kappa shape index (κ3) is 5.99. The lowest BCUT2D eigenvalue weighted by Crippen LogP contribution is -2.42. The van der Waals surface area contributed by atoms with Crippen molar-refractivity contribution in [2.45, 2.75) is 13.3 Å². The Hall–Kier alpha value is -0.150. The maximum absolute atomic E-state index is 11.4. The summed E-state index contributed by atoms with van der Waals surface area (Å²) in [6.45, 7) is 3.79. The Balaban J connectivity index is 3.80. The molecule has 0 spiro atoms. The molecule has 0 unspecified atom stereocenters. The summed E-state index contributed by atoms with van der Waals surface area (Å²) in [7, 11) is 0. The van der Waals surface area contributed by atoms with Crippen molar-refractivity contribution < 1.29 is 4.79 Å². The lowest BCUT2D eigenvalue weighted by Gasteiger charge is -2.20. The summed E-state index contributed by atoms with van der Waals surface area (Å²) in [6, 6.07) is -0.0804. The van der Waals surface area contributed by atoms with Crippen LogP contribution in [0.25, 0.3) is 0 Å². The first kappa shape index (κ1) is 12.8. The van der Waals surface area contributed by atoms with Crippen molar-refractivity contribution >= 4 is 29.2 Å². The number of amides is 2. The van der Waals surface area contributed by atoms with Crippen LogP contribution in [0.15, 0.2) is 0 Å². The number of carbonyl (C=O) groups excluding carboxylic acids is 1. The van der Waals surface area contributed by atoms with E-state index < -0.39 is 0 Å². The van der Waals surface area contributed by atoms with E-state index in [1.54, 1.807) is 4.90 Å². The molecule has 0 atom stereocenters. The number of urea groups is 1. The minimum absolute atomic E-state index is 0.0804. The Morgan fingerprint density at radius 3 is 2.23 bits per heavy atom. The summed E-state index contributed by atoms with van der Waals surface area (Å²) < 4.78 is 0. The molecule has 0 fully saturated rings. The summed E-state index contributed by atoms with van der Waals surface area (Å²) >= 11 is 11.1. The van der Waals surface area contributed by atoms with Crippen molar-refractivity contribution in [1.29, 1.82) is 0 Å². The highest BCUT2D eigenvalue weighted by atomic mass is 35.5. The van der Waals surface area contributed by atoms with Gasteiger partial charge in [0.2, 0.25) is 0 Å². The molecule has 0 aromatic heterocycles. The molecule has 1 N–H and O–H groups in total. The zero-order chi connectivity index (χ0) is 10.1. The molecule has 0 radical (unpaired) electrons. The Labute approximate surface area is 89.4 Å². The highest BCUT2D eigenvalue weighted by molar-refractivity contribution is 6.18. The summed E-state index contributed by atoms with van der Waals surface area (Å²) in [6.07, 6.45) is 0.932. The van der Waals surface area contributed by atoms with Gasteiger partial charge in [-0.05, 0) is 6.42 Å². The lowest BCUT2D eigenvalue weighted by atomic mass is 10.5. The van der Waals surface area contributed by atoms with Crippen molar-refractivity contribution in [2.75, 3.05) is 31.4 Å². The third-order valence-corrected chi connectivity index (χ3v) is 1.86. The van der Waals surface area contributed by atoms with E-state index in [1.165, 1.54) is 0 Å². The molecule has 0 aliphatic heterocycles. The number of nitrogens with zero attached hydrogens (tertiary/aromatic N) is 1. The van der Waals surface area contributed by atoms with Crippen LogP contribution in [0.3, 0.4) is 0 Å². The molecule has 3 nitrogen and oxygen atoms in total. The molecule has 0 rings (SSSR count). The molecule has 0 aromatic rings. The van der Waals surface area contributed by atoms with E-state index in [0.717, 1.165) is 6.42 Å². The molecule has 78 valence electrons. The van der Waals surface area contributed by atoms with Crippen LogP contribution < -0.4 is 5.32 Å². The topological polar surface area (TPSA) is 32.3 Å². The predicted octanol–water partition coefficient (Wildman–Crippen LogP) is 1.89. The Morgan fingerprint density at radius 2 is 1.85 bits per heavy atom. The van der Waals surface area contributed by atoms with Crippen LogP contribution in [-0.4, -0.2) is 42.3 Å². The molecule has 0 bridgehead atoms. The van der Waals surface area contributed by atoms with Gasteiger partial charge in [0.05, 0.1) is 0 Å². The first-order chi connectivity index (χ1) is 6.26. The van der Waals surface area contributed by atoms with E-state index in [1.807, 2.05) is 6.92 Å². The molecule has 5 heteroatoms. The van der Waals surface area contributed by atoms with Crippen molar-refractivity contribution in [3.8, 4) is 0 Å². The van der Waals surface area contributed by atoms with E-state index >= 15 is 0 Å². The summed E-state index contributed by atoms with van der Waals surface area (Å²) in [4.78, 5) is 13.0. The second-order valence-corrected chi connectivity index (χ2v) is 3.35. The Bertz CT molecular complexity index is 138. The van der Waals surface area contributed by atoms with Crippen LogP contribution in [0.1, 0.15) is 13.3 Å². The van der Waals surface area contributed by atoms with Gasteiger partial charge in [-0.25, -0.2) is 4.79 Å². The molecule has 0 saturated carbocycles. The second kappa shape index (κ2) is 8.45. The van der Waals surface area contributed by atoms with E-state index in [4.69, 9.17) is 23.2 Å². The highest BCUT2D eigenvalue weighted by Crippen LogP contribution is 1.93. The average molecular weight is 227 g/mol. The molecular weight excluding hydrogens is 211 g/mol. The second-order valence-electron chi connectivity index (χ2n) is 2.60. The lowest BCUT2D eigenvalue weighted by molar-refractivity contribution is 0.204. The van der Waals surface area contributed by atoms with Crippen LogP contribution >= 0.6 is 23.2 Å². The van der Waals surface area contributed by atoms with Gasteiger partial charge in [0.1, 0.15) is 0 Å². The van der Waals surface area contributed by atoms with Gasteiger partial charge in [0.15, 0.2) is 0 Å². The summed E-state index contributed by atoms with van der Waals surface area (Å²) in [5, 5.41) is 2.77. The normalized spacial score (nSPS) is 9.77. The fourth-order valence-corrected chi connectivity index (χ4v) is 1.27. The van der Waals surface area contributed by atoms with Crippen LogP contribution in [0.5, 0.6) is 0 Å². The minimum atomic E-state index is -0.0804. The molecular formula is C8H16Cl2N2O. The van der Waals surface area contributed by atoms with E-state index in [9.17, 15) is 4.79 Å². The summed E-state index contributed by atoms with van der Waals surface area (Å²) in [5.41, 5.74) is 0. The first-order valence-corrected chi connectivity index (χ1v) is 5.47. The molecule has 0 saturated heterocycles. The number of alkyl halides is 2. The number of nitrogens with one attached hydrogen (secondary N) is 1. The Morgan fingerprint density at radius 1 is 1.31 bits per heavy atom. The molecule has 2 amide bonds. The maximum atomic E-state index is 11.4. The fraction of sp³-hybridized carbons (Fsp3) is 0.875. The van der Waals surface area contributed by atoms with Crippen LogP contribution in [0, 0.1) is 0 Å². The molecule has 0 aliphatic rings. The predicted molar refractivity (Wildman–Crippen MR) is 56.7 cm³/mol. The fourth-order valence-electron chi connectivity index (χ4n) is 0.863. The average Bonchev–Trinajstić information content (AvgIpc) is 2.14. The van der Waals surface area contributed by atoms with Crippen LogP contribution in [0.2, 0.25) is 0 Å². The maximum Gasteiger partial charge on any atom is 0.317 e. The van der Waals surface area contributed by atoms with Gasteiger partial charge < -0.3 is 10.2 Å². The van der Waals surface area contributed by atoms with E-state index in [0.29, 0.717) is 31.4 Å². The monoisotopic (exact) mass is 226 g/mol. The minimum Gasteiger partial charge on any atom is -0.338 e. The van der Waals surface area contributed by atoms with Gasteiger partial charge in [0.25, 0.3) is 0 Å². The number of rotatable bonds is 6. The third-order valence-electron chi connectivity index (χ3n) is 1.52. The first-order valence-electron chi connectivity index (χ1n) is 4.41. The summed E-state index contributed by atoms with van der Waals surface area (Å²) in [5.74, 6) is 0.882. The number of carbonyl (C=O) groups is 1. The standard InChI is InChI=1S/C8H16Cl2N2O/c1-2-5-11-8(13)12(6-3-9)7-4-10/h2-7H2,1H3,(H,11,13). The molecule has 0 heterocycles. The van der Waals surface area contributed by atoms with Crippen LogP contribution in [0.4, 0.5) is 4.79 Å². The Kier molecular flexibility index (Phi) is 8.35. The highest BCUT2D eigenvalue weighted by Gasteiger charge is 2.10. The SMILES string of the molecule is CCCNC(=O)N(CCCl)CCCl. The zero-order valence-corrected chi connectivity index (χ0v) is 9.37. The largest absolute Gasteiger partial charge is 0.338 e. The van der Waals surface area contributed by atoms with Crippen LogP contribution in [-0.2, 0) is 0 Å². The van der Waals surface area contributed by atoms with Crippen molar-refractivity contribution in [2.24, 2.45) is 0 Å². The number of hydrogen-bond donors (Lipinski definition) is 1. The van der Waals surface area contributed by atoms with E-state index in [2.05, 4.69) is 5.32 Å².